The zero-order chi connectivity index (χ0) is 26.1. The molecule has 2 aromatic carbocycles. The monoisotopic (exact) mass is 497 g/mol. The Kier molecular flexibility index (Phi) is 9.15. The molecule has 1 aliphatic heterocycles. The van der Waals surface area contributed by atoms with Gasteiger partial charge in [-0.3, -0.25) is 0 Å². The molecule has 1 saturated heterocycles. The summed E-state index contributed by atoms with van der Waals surface area (Å²) in [4.78, 5) is 40.2. The van der Waals surface area contributed by atoms with Crippen molar-refractivity contribution in [3.63, 3.8) is 0 Å². The maximum atomic E-state index is 13.3. The summed E-state index contributed by atoms with van der Waals surface area (Å²) in [7, 11) is 0. The highest BCUT2D eigenvalue weighted by Gasteiger charge is 2.19. The lowest BCUT2D eigenvalue weighted by molar-refractivity contribution is -0.191. The molecule has 0 aliphatic carbocycles. The van der Waals surface area contributed by atoms with Crippen molar-refractivity contribution in [1.29, 1.82) is 0 Å². The lowest BCUT2D eigenvalue weighted by Gasteiger charge is -2.29. The quantitative estimate of drug-likeness (QED) is 0.543. The predicted molar refractivity (Wildman–Crippen MR) is 129 cm³/mol. The molecule has 4 rings (SSSR count). The van der Waals surface area contributed by atoms with Crippen LogP contribution in [-0.4, -0.2) is 48.5 Å². The molecule has 2 amide bonds. The Morgan fingerprint density at radius 3 is 2.22 bits per heavy atom. The van der Waals surface area contributed by atoms with Gasteiger partial charge in [0.15, 0.2) is 17.5 Å². The van der Waals surface area contributed by atoms with Gasteiger partial charge in [0.1, 0.15) is 5.82 Å². The zero-order valence-corrected chi connectivity index (χ0v) is 19.8. The van der Waals surface area contributed by atoms with Gasteiger partial charge in [0.2, 0.25) is 0 Å². The Bertz CT molecular complexity index is 1240. The molecule has 36 heavy (non-hydrogen) atoms. The smallest absolute Gasteiger partial charge is 0.373 e. The summed E-state index contributed by atoms with van der Waals surface area (Å²) in [6.07, 6.45) is 1.04. The van der Waals surface area contributed by atoms with Gasteiger partial charge >= 0.3 is 12.2 Å². The van der Waals surface area contributed by atoms with Crippen LogP contribution >= 0.6 is 0 Å². The van der Waals surface area contributed by atoms with Crippen molar-refractivity contribution in [2.24, 2.45) is 0 Å². The first kappa shape index (κ1) is 26.4. The number of rotatable bonds is 5. The molecule has 0 unspecified atom stereocenters. The molecule has 9 nitrogen and oxygen atoms in total. The number of ether oxygens (including phenoxy) is 1. The number of aryl methyl sites for hydroxylation is 1. The second kappa shape index (κ2) is 12.5. The lowest BCUT2D eigenvalue weighted by Crippen LogP contribution is -2.37. The topological polar surface area (TPSA) is 114 Å². The third kappa shape index (κ3) is 6.68. The van der Waals surface area contributed by atoms with Gasteiger partial charge in [0, 0.05) is 47.4 Å². The highest BCUT2D eigenvalue weighted by molar-refractivity contribution is 5.99. The number of urea groups is 1. The molecule has 188 valence electrons. The summed E-state index contributed by atoms with van der Waals surface area (Å²) >= 11 is 0. The van der Waals surface area contributed by atoms with Crippen LogP contribution < -0.4 is 15.5 Å². The number of aromatic nitrogens is 2. The molecule has 0 atom stereocenters. The maximum absolute atomic E-state index is 13.3. The van der Waals surface area contributed by atoms with Crippen molar-refractivity contribution in [2.75, 3.05) is 41.8 Å². The molecule has 2 N–H and O–H groups in total. The van der Waals surface area contributed by atoms with E-state index in [1.54, 1.807) is 12.1 Å². The van der Waals surface area contributed by atoms with Gasteiger partial charge in [-0.1, -0.05) is 6.92 Å². The summed E-state index contributed by atoms with van der Waals surface area (Å²) in [5.41, 5.74) is 3.59. The van der Waals surface area contributed by atoms with Crippen LogP contribution in [0, 0.1) is 18.6 Å². The van der Waals surface area contributed by atoms with Crippen LogP contribution in [-0.2, 0) is 20.7 Å². The molecule has 0 radical (unpaired) electrons. The number of amides is 2. The maximum Gasteiger partial charge on any atom is 0.373 e. The first-order chi connectivity index (χ1) is 17.4. The van der Waals surface area contributed by atoms with Crippen LogP contribution in [0.3, 0.4) is 0 Å². The number of benzene rings is 2. The number of carbonyl (C=O) groups excluding carboxylic acids is 3. The van der Waals surface area contributed by atoms with Crippen molar-refractivity contribution < 1.29 is 27.9 Å². The highest BCUT2D eigenvalue weighted by Crippen LogP contribution is 2.26. The van der Waals surface area contributed by atoms with Crippen molar-refractivity contribution in [3.8, 4) is 11.4 Å². The van der Waals surface area contributed by atoms with Gasteiger partial charge in [0.25, 0.3) is 0 Å². The standard InChI is InChI=1S/C24H25F2N5O2.CO2/c1-3-21-15(2)23(31-10-12-33-13-11-31)30-22(29-21)16-4-6-17(7-5-16)27-24(32)28-18-8-9-19(25)20(26)14-18;2-1-3/h4-9,14H,3,10-13H2,1-2H3,(H2,27,28,32);. The predicted octanol–water partition coefficient (Wildman–Crippen LogP) is 4.19. The molecule has 3 aromatic rings. The van der Waals surface area contributed by atoms with E-state index in [4.69, 9.17) is 24.3 Å². The van der Waals surface area contributed by atoms with Gasteiger partial charge in [-0.25, -0.2) is 23.5 Å². The number of morpholine rings is 1. The van der Waals surface area contributed by atoms with Crippen LogP contribution in [0.1, 0.15) is 18.2 Å². The molecule has 11 heteroatoms. The molecule has 0 spiro atoms. The Labute approximate surface area is 206 Å². The van der Waals surface area contributed by atoms with E-state index in [-0.39, 0.29) is 11.8 Å². The number of carbonyl (C=O) groups is 1. The number of halogens is 2. The van der Waals surface area contributed by atoms with E-state index in [9.17, 15) is 13.6 Å². The molecular formula is C25H25F2N5O4. The third-order valence-electron chi connectivity index (χ3n) is 5.44. The summed E-state index contributed by atoms with van der Waals surface area (Å²) in [5, 5.41) is 5.14. The molecule has 0 bridgehead atoms. The summed E-state index contributed by atoms with van der Waals surface area (Å²) in [5.74, 6) is -0.457. The Hall–Kier alpha value is -4.21. The Balaban J connectivity index is 0.00000115. The van der Waals surface area contributed by atoms with Gasteiger partial charge in [-0.2, -0.15) is 9.59 Å². The largest absolute Gasteiger partial charge is 0.378 e. The number of hydrogen-bond donors (Lipinski definition) is 2. The van der Waals surface area contributed by atoms with Crippen LogP contribution in [0.25, 0.3) is 11.4 Å². The number of nitrogens with one attached hydrogen (secondary N) is 2. The van der Waals surface area contributed by atoms with Crippen LogP contribution in [0.15, 0.2) is 42.5 Å². The first-order valence-electron chi connectivity index (χ1n) is 11.2. The first-order valence-corrected chi connectivity index (χ1v) is 11.2. The SMILES string of the molecule is CCc1nc(-c2ccc(NC(=O)Nc3ccc(F)c(F)c3)cc2)nc(N2CCOCC2)c1C.O=C=O. The van der Waals surface area contributed by atoms with E-state index in [1.165, 1.54) is 6.07 Å². The van der Waals surface area contributed by atoms with E-state index in [2.05, 4.69) is 22.5 Å². The fourth-order valence-corrected chi connectivity index (χ4v) is 3.68. The fraction of sp³-hybridized carbons (Fsp3) is 0.280. The summed E-state index contributed by atoms with van der Waals surface area (Å²) in [6.45, 7) is 7.04. The number of hydrogen-bond acceptors (Lipinski definition) is 7. The zero-order valence-electron chi connectivity index (χ0n) is 19.8. The van der Waals surface area contributed by atoms with E-state index in [0.29, 0.717) is 24.7 Å². The minimum Gasteiger partial charge on any atom is -0.378 e. The number of nitrogens with zero attached hydrogens (tertiary/aromatic N) is 3. The third-order valence-corrected chi connectivity index (χ3v) is 5.44. The average molecular weight is 498 g/mol. The molecule has 1 aliphatic rings. The minimum atomic E-state index is -1.03. The van der Waals surface area contributed by atoms with Crippen molar-refractivity contribution >= 4 is 29.4 Å². The van der Waals surface area contributed by atoms with Crippen LogP contribution in [0.5, 0.6) is 0 Å². The van der Waals surface area contributed by atoms with Gasteiger partial charge < -0.3 is 20.3 Å². The highest BCUT2D eigenvalue weighted by atomic mass is 19.2. The van der Waals surface area contributed by atoms with Crippen molar-refractivity contribution in [1.82, 2.24) is 9.97 Å². The van der Waals surface area contributed by atoms with E-state index >= 15 is 0 Å². The van der Waals surface area contributed by atoms with Gasteiger partial charge in [-0.05, 0) is 49.7 Å². The Morgan fingerprint density at radius 2 is 1.61 bits per heavy atom. The molecule has 1 fully saturated rings. The summed E-state index contributed by atoms with van der Waals surface area (Å²) in [6, 6.07) is 9.74. The van der Waals surface area contributed by atoms with E-state index in [0.717, 1.165) is 54.3 Å². The summed E-state index contributed by atoms with van der Waals surface area (Å²) < 4.78 is 31.8. The van der Waals surface area contributed by atoms with Crippen molar-refractivity contribution in [2.45, 2.75) is 20.3 Å². The number of anilines is 3. The minimum absolute atomic E-state index is 0.152. The average Bonchev–Trinajstić information content (AvgIpc) is 2.88. The van der Waals surface area contributed by atoms with Crippen molar-refractivity contribution in [3.05, 3.63) is 65.4 Å². The lowest BCUT2D eigenvalue weighted by atomic mass is 10.1. The van der Waals surface area contributed by atoms with E-state index < -0.39 is 17.7 Å². The van der Waals surface area contributed by atoms with Crippen LogP contribution in [0.2, 0.25) is 0 Å². The molecule has 1 aromatic heterocycles. The van der Waals surface area contributed by atoms with Gasteiger partial charge in [0.05, 0.1) is 13.2 Å². The van der Waals surface area contributed by atoms with E-state index in [1.807, 2.05) is 19.1 Å². The molecule has 2 heterocycles. The molecular weight excluding hydrogens is 472 g/mol. The molecule has 0 saturated carbocycles. The van der Waals surface area contributed by atoms with Crippen LogP contribution in [0.4, 0.5) is 30.8 Å². The van der Waals surface area contributed by atoms with Gasteiger partial charge in [-0.15, -0.1) is 0 Å². The second-order valence-electron chi connectivity index (χ2n) is 7.76. The fourth-order valence-electron chi connectivity index (χ4n) is 3.68. The Morgan fingerprint density at radius 1 is 1.00 bits per heavy atom. The normalized spacial score (nSPS) is 12.7. The second-order valence-corrected chi connectivity index (χ2v) is 7.76.